The van der Waals surface area contributed by atoms with Crippen LogP contribution in [-0.4, -0.2) is 49.1 Å². The van der Waals surface area contributed by atoms with Crippen LogP contribution in [0.15, 0.2) is 49.2 Å². The fraction of sp³-hybridized carbons (Fsp3) is 0.412. The van der Waals surface area contributed by atoms with Gasteiger partial charge in [0.2, 0.25) is 5.91 Å². The maximum atomic E-state index is 11.9. The monoisotopic (exact) mass is 323 g/mol. The topological polar surface area (TPSA) is 42.0 Å². The average molecular weight is 324 g/mol. The quantitative estimate of drug-likeness (QED) is 0.273. The van der Waals surface area contributed by atoms with Gasteiger partial charge in [-0.2, -0.15) is 0 Å². The second-order valence-corrected chi connectivity index (χ2v) is 5.84. The van der Waals surface area contributed by atoms with E-state index < -0.39 is 0 Å². The Morgan fingerprint density at radius 3 is 2.73 bits per heavy atom. The van der Waals surface area contributed by atoms with E-state index >= 15 is 0 Å². The zero-order valence-corrected chi connectivity index (χ0v) is 14.3. The molecule has 122 valence electrons. The summed E-state index contributed by atoms with van der Waals surface area (Å²) in [4.78, 5) is 16.1. The predicted molar refractivity (Wildman–Crippen MR) is 86.7 cm³/mol. The number of likely N-dealkylation sites (N-methyl/N-ethyl adjacent to an activating group) is 1. The van der Waals surface area contributed by atoms with Gasteiger partial charge < -0.3 is 22.2 Å². The Labute approximate surface area is 139 Å². The molecular formula is C17H26ClN3O. The summed E-state index contributed by atoms with van der Waals surface area (Å²) < 4.78 is 0.883. The van der Waals surface area contributed by atoms with Crippen LogP contribution < -0.4 is 17.7 Å². The largest absolute Gasteiger partial charge is 1.00 e. The summed E-state index contributed by atoms with van der Waals surface area (Å²) in [6, 6.07) is 5.66. The number of pyridine rings is 1. The van der Waals surface area contributed by atoms with E-state index in [4.69, 9.17) is 0 Å². The third-order valence-corrected chi connectivity index (χ3v) is 3.29. The van der Waals surface area contributed by atoms with Crippen molar-refractivity contribution < 1.29 is 21.7 Å². The summed E-state index contributed by atoms with van der Waals surface area (Å²) in [5.41, 5.74) is 1.41. The standard InChI is InChI=1S/C17H25N3O.ClH/c1-5-12-20(3,4)13-8-11-19-17(21)15(2)14-16-9-6-7-10-18-16;/h5-7,9-10H,1-2,8,11-14H2,3-4H3;1H. The predicted octanol–water partition coefficient (Wildman–Crippen LogP) is -1.05. The molecule has 0 aliphatic heterocycles. The molecular weight excluding hydrogens is 298 g/mol. The van der Waals surface area contributed by atoms with Gasteiger partial charge in [0.1, 0.15) is 0 Å². The Morgan fingerprint density at radius 1 is 1.41 bits per heavy atom. The SMILES string of the molecule is C=CC[N+](C)(C)CCCNC(=O)C(=C)Cc1ccccn1.[Cl-]. The van der Waals surface area contributed by atoms with E-state index in [1.807, 2.05) is 24.3 Å². The Bertz CT molecular complexity index is 486. The van der Waals surface area contributed by atoms with Gasteiger partial charge >= 0.3 is 0 Å². The summed E-state index contributed by atoms with van der Waals surface area (Å²) in [6.45, 7) is 10.2. The molecule has 1 heterocycles. The molecule has 0 bridgehead atoms. The number of halogens is 1. The van der Waals surface area contributed by atoms with E-state index in [9.17, 15) is 4.79 Å². The minimum atomic E-state index is -0.0883. The number of carbonyl (C=O) groups is 1. The number of hydrogen-bond donors (Lipinski definition) is 1. The van der Waals surface area contributed by atoms with Crippen molar-refractivity contribution in [3.05, 3.63) is 54.9 Å². The van der Waals surface area contributed by atoms with Crippen LogP contribution in [0.3, 0.4) is 0 Å². The van der Waals surface area contributed by atoms with Gasteiger partial charge in [-0.1, -0.05) is 19.2 Å². The molecule has 1 amide bonds. The highest BCUT2D eigenvalue weighted by Crippen LogP contribution is 2.03. The summed E-state index contributed by atoms with van der Waals surface area (Å²) >= 11 is 0. The zero-order chi connectivity index (χ0) is 15.7. The number of amides is 1. The number of carbonyl (C=O) groups excluding carboxylic acids is 1. The molecule has 0 aromatic carbocycles. The van der Waals surface area contributed by atoms with Crippen LogP contribution in [0.2, 0.25) is 0 Å². The number of rotatable bonds is 9. The van der Waals surface area contributed by atoms with E-state index in [0.29, 0.717) is 18.5 Å². The van der Waals surface area contributed by atoms with Gasteiger partial charge in [0, 0.05) is 36.9 Å². The van der Waals surface area contributed by atoms with Crippen molar-refractivity contribution in [2.75, 3.05) is 33.7 Å². The minimum Gasteiger partial charge on any atom is -1.00 e. The van der Waals surface area contributed by atoms with Gasteiger partial charge in [0.25, 0.3) is 0 Å². The van der Waals surface area contributed by atoms with E-state index in [-0.39, 0.29) is 18.3 Å². The van der Waals surface area contributed by atoms with Gasteiger partial charge in [-0.05, 0) is 18.2 Å². The van der Waals surface area contributed by atoms with Crippen molar-refractivity contribution in [2.24, 2.45) is 0 Å². The van der Waals surface area contributed by atoms with Gasteiger partial charge in [-0.25, -0.2) is 0 Å². The van der Waals surface area contributed by atoms with Crippen molar-refractivity contribution in [3.8, 4) is 0 Å². The second-order valence-electron chi connectivity index (χ2n) is 5.84. The molecule has 0 atom stereocenters. The maximum absolute atomic E-state index is 11.9. The molecule has 1 N–H and O–H groups in total. The van der Waals surface area contributed by atoms with Crippen LogP contribution in [0.25, 0.3) is 0 Å². The molecule has 5 heteroatoms. The molecule has 22 heavy (non-hydrogen) atoms. The normalized spacial score (nSPS) is 10.5. The Hall–Kier alpha value is -1.65. The summed E-state index contributed by atoms with van der Waals surface area (Å²) in [5, 5.41) is 2.92. The second kappa shape index (κ2) is 10.1. The van der Waals surface area contributed by atoms with E-state index in [2.05, 4.69) is 37.6 Å². The number of hydrogen-bond acceptors (Lipinski definition) is 2. The first-order valence-electron chi connectivity index (χ1n) is 7.23. The first kappa shape index (κ1) is 20.3. The van der Waals surface area contributed by atoms with E-state index in [0.717, 1.165) is 29.7 Å². The van der Waals surface area contributed by atoms with Crippen LogP contribution >= 0.6 is 0 Å². The van der Waals surface area contributed by atoms with Crippen LogP contribution in [0.5, 0.6) is 0 Å². The number of nitrogens with one attached hydrogen (secondary N) is 1. The zero-order valence-electron chi connectivity index (χ0n) is 13.5. The summed E-state index contributed by atoms with van der Waals surface area (Å²) in [5.74, 6) is -0.0883. The first-order chi connectivity index (χ1) is 9.94. The number of aromatic nitrogens is 1. The molecule has 0 saturated heterocycles. The Morgan fingerprint density at radius 2 is 2.14 bits per heavy atom. The summed E-state index contributed by atoms with van der Waals surface area (Å²) in [7, 11) is 4.31. The van der Waals surface area contributed by atoms with Crippen LogP contribution in [0.4, 0.5) is 0 Å². The number of quaternary nitrogens is 1. The highest BCUT2D eigenvalue weighted by atomic mass is 35.5. The van der Waals surface area contributed by atoms with Crippen molar-refractivity contribution in [1.29, 1.82) is 0 Å². The molecule has 0 aliphatic rings. The lowest BCUT2D eigenvalue weighted by atomic mass is 10.1. The molecule has 4 nitrogen and oxygen atoms in total. The van der Waals surface area contributed by atoms with Gasteiger partial charge in [0.15, 0.2) is 0 Å². The molecule has 0 saturated carbocycles. The molecule has 0 fully saturated rings. The summed E-state index contributed by atoms with van der Waals surface area (Å²) in [6.07, 6.45) is 5.07. The minimum absolute atomic E-state index is 0. The fourth-order valence-corrected chi connectivity index (χ4v) is 2.08. The third-order valence-electron chi connectivity index (χ3n) is 3.29. The molecule has 1 rings (SSSR count). The smallest absolute Gasteiger partial charge is 0.247 e. The van der Waals surface area contributed by atoms with Crippen molar-refractivity contribution in [1.82, 2.24) is 10.3 Å². The Kier molecular flexibility index (Phi) is 9.38. The fourth-order valence-electron chi connectivity index (χ4n) is 2.08. The van der Waals surface area contributed by atoms with Crippen LogP contribution in [-0.2, 0) is 11.2 Å². The van der Waals surface area contributed by atoms with Crippen molar-refractivity contribution >= 4 is 5.91 Å². The third kappa shape index (κ3) is 7.96. The van der Waals surface area contributed by atoms with Gasteiger partial charge in [-0.15, -0.1) is 0 Å². The highest BCUT2D eigenvalue weighted by molar-refractivity contribution is 5.93. The van der Waals surface area contributed by atoms with Gasteiger partial charge in [0.05, 0.1) is 27.2 Å². The lowest BCUT2D eigenvalue weighted by molar-refractivity contribution is -0.884. The maximum Gasteiger partial charge on any atom is 0.247 e. The van der Waals surface area contributed by atoms with E-state index in [1.165, 1.54) is 0 Å². The van der Waals surface area contributed by atoms with E-state index in [1.54, 1.807) is 6.20 Å². The van der Waals surface area contributed by atoms with Crippen molar-refractivity contribution in [2.45, 2.75) is 12.8 Å². The average Bonchev–Trinajstić information content (AvgIpc) is 2.44. The number of nitrogens with zero attached hydrogens (tertiary/aromatic N) is 2. The molecule has 0 spiro atoms. The molecule has 1 aromatic heterocycles. The van der Waals surface area contributed by atoms with Gasteiger partial charge in [-0.3, -0.25) is 9.78 Å². The highest BCUT2D eigenvalue weighted by Gasteiger charge is 2.13. The van der Waals surface area contributed by atoms with Crippen LogP contribution in [0.1, 0.15) is 12.1 Å². The lowest BCUT2D eigenvalue weighted by Crippen LogP contribution is -3.00. The Balaban J connectivity index is 0.00000441. The molecule has 1 aromatic rings. The lowest BCUT2D eigenvalue weighted by Gasteiger charge is -2.28. The molecule has 0 aliphatic carbocycles. The van der Waals surface area contributed by atoms with Crippen LogP contribution in [0, 0.1) is 0 Å². The molecule has 0 radical (unpaired) electrons. The molecule has 0 unspecified atom stereocenters. The first-order valence-corrected chi connectivity index (χ1v) is 7.23. The van der Waals surface area contributed by atoms with Crippen molar-refractivity contribution in [3.63, 3.8) is 0 Å².